The number of methoxy groups -OCH3 is 1. The summed E-state index contributed by atoms with van der Waals surface area (Å²) in [7, 11) is 1.75. The summed E-state index contributed by atoms with van der Waals surface area (Å²) in [4.78, 5) is 17.2. The summed E-state index contributed by atoms with van der Waals surface area (Å²) in [5.41, 5.74) is 4.44. The number of fused-ring (bicyclic) bond motifs is 1. The highest BCUT2D eigenvalue weighted by Crippen LogP contribution is 2.34. The zero-order valence-electron chi connectivity index (χ0n) is 24.4. The lowest BCUT2D eigenvalue weighted by atomic mass is 9.87. The fraction of sp³-hybridized carbons (Fsp3) is 0.441. The van der Waals surface area contributed by atoms with E-state index in [0.717, 1.165) is 74.1 Å². The monoisotopic (exact) mass is 571 g/mol. The van der Waals surface area contributed by atoms with E-state index in [9.17, 15) is 4.79 Å². The topological polar surface area (TPSA) is 72.5 Å². The molecule has 0 saturated carbocycles. The number of piperidine rings is 1. The molecule has 3 heterocycles. The second kappa shape index (κ2) is 13.6. The van der Waals surface area contributed by atoms with Gasteiger partial charge in [-0.1, -0.05) is 36.4 Å². The molecule has 3 aromatic rings. The van der Waals surface area contributed by atoms with Crippen molar-refractivity contribution in [2.45, 2.75) is 44.0 Å². The molecular weight excluding hydrogens is 530 g/mol. The SMILES string of the molecule is COCCCN1CCOc2ccc(COC3CNCCC3c3ccc(O[C@H]4CCN(c5ccccc5)C4=O)cc3)cc21. The standard InChI is InChI=1S/C34H41N3O5/c1-39-20-5-17-36-19-21-40-31-13-8-25(22-30(31)36)24-41-33-23-35-16-14-29(33)26-9-11-28(12-10-26)42-32-15-18-37(34(32)38)27-6-3-2-4-7-27/h2-4,6-13,22,29,32-33,35H,5,14-21,23-24H2,1H3/t29?,32-,33?/m0/s1. The summed E-state index contributed by atoms with van der Waals surface area (Å²) in [6.45, 7) is 6.28. The second-order valence-corrected chi connectivity index (χ2v) is 11.2. The van der Waals surface area contributed by atoms with E-state index in [4.69, 9.17) is 18.9 Å². The van der Waals surface area contributed by atoms with Crippen molar-refractivity contribution in [2.75, 3.05) is 62.8 Å². The van der Waals surface area contributed by atoms with Crippen LogP contribution in [0.1, 0.15) is 36.3 Å². The van der Waals surface area contributed by atoms with Gasteiger partial charge in [-0.05, 0) is 66.9 Å². The van der Waals surface area contributed by atoms with Gasteiger partial charge in [0.2, 0.25) is 0 Å². The van der Waals surface area contributed by atoms with E-state index in [1.54, 1.807) is 7.11 Å². The van der Waals surface area contributed by atoms with Crippen LogP contribution in [0.2, 0.25) is 0 Å². The summed E-state index contributed by atoms with van der Waals surface area (Å²) in [6.07, 6.45) is 2.28. The van der Waals surface area contributed by atoms with Crippen molar-refractivity contribution in [2.24, 2.45) is 0 Å². The van der Waals surface area contributed by atoms with Crippen molar-refractivity contribution < 1.29 is 23.7 Å². The normalized spacial score (nSPS) is 22.1. The van der Waals surface area contributed by atoms with E-state index in [1.807, 2.05) is 47.4 Å². The lowest BCUT2D eigenvalue weighted by molar-refractivity contribution is -0.122. The number of rotatable bonds is 11. The number of carbonyl (C=O) groups is 1. The first-order valence-electron chi connectivity index (χ1n) is 15.1. The van der Waals surface area contributed by atoms with Gasteiger partial charge in [0, 0.05) is 51.4 Å². The van der Waals surface area contributed by atoms with Crippen LogP contribution >= 0.6 is 0 Å². The molecule has 2 fully saturated rings. The van der Waals surface area contributed by atoms with E-state index >= 15 is 0 Å². The van der Waals surface area contributed by atoms with Crippen LogP contribution in [0.4, 0.5) is 11.4 Å². The Labute approximate surface area is 248 Å². The number of hydrogen-bond donors (Lipinski definition) is 1. The highest BCUT2D eigenvalue weighted by Gasteiger charge is 2.34. The zero-order valence-corrected chi connectivity index (χ0v) is 24.4. The lowest BCUT2D eigenvalue weighted by Gasteiger charge is -2.33. The van der Waals surface area contributed by atoms with Gasteiger partial charge < -0.3 is 34.1 Å². The van der Waals surface area contributed by atoms with Gasteiger partial charge in [-0.3, -0.25) is 4.79 Å². The lowest BCUT2D eigenvalue weighted by Crippen LogP contribution is -2.41. The van der Waals surface area contributed by atoms with E-state index in [-0.39, 0.29) is 17.9 Å². The molecule has 0 bridgehead atoms. The Hall–Kier alpha value is -3.59. The van der Waals surface area contributed by atoms with Crippen LogP contribution in [0.15, 0.2) is 72.8 Å². The Morgan fingerprint density at radius 1 is 1.00 bits per heavy atom. The summed E-state index contributed by atoms with van der Waals surface area (Å²) in [6, 6.07) is 24.4. The Bertz CT molecular complexity index is 1320. The summed E-state index contributed by atoms with van der Waals surface area (Å²) in [5, 5.41) is 3.51. The molecule has 3 aliphatic rings. The van der Waals surface area contributed by atoms with Crippen molar-refractivity contribution in [1.29, 1.82) is 0 Å². The number of anilines is 2. The van der Waals surface area contributed by atoms with E-state index < -0.39 is 6.10 Å². The van der Waals surface area contributed by atoms with Gasteiger partial charge >= 0.3 is 0 Å². The summed E-state index contributed by atoms with van der Waals surface area (Å²) >= 11 is 0. The van der Waals surface area contributed by atoms with Crippen LogP contribution in [-0.4, -0.2) is 71.2 Å². The van der Waals surface area contributed by atoms with Crippen molar-refractivity contribution in [3.63, 3.8) is 0 Å². The third-order valence-corrected chi connectivity index (χ3v) is 8.46. The van der Waals surface area contributed by atoms with E-state index in [2.05, 4.69) is 40.5 Å². The minimum atomic E-state index is -0.455. The third kappa shape index (κ3) is 6.56. The number of amides is 1. The molecule has 0 radical (unpaired) electrons. The molecule has 222 valence electrons. The average molecular weight is 572 g/mol. The Balaban J connectivity index is 1.06. The van der Waals surface area contributed by atoms with Crippen LogP contribution in [0.25, 0.3) is 0 Å². The molecular formula is C34H41N3O5. The molecule has 42 heavy (non-hydrogen) atoms. The van der Waals surface area contributed by atoms with Crippen LogP contribution in [0.3, 0.4) is 0 Å². The van der Waals surface area contributed by atoms with Gasteiger partial charge in [0.05, 0.1) is 24.9 Å². The number of nitrogens with one attached hydrogen (secondary N) is 1. The maximum Gasteiger partial charge on any atom is 0.268 e. The molecule has 6 rings (SSSR count). The largest absolute Gasteiger partial charge is 0.490 e. The van der Waals surface area contributed by atoms with Crippen LogP contribution in [-0.2, 0) is 20.9 Å². The second-order valence-electron chi connectivity index (χ2n) is 11.2. The summed E-state index contributed by atoms with van der Waals surface area (Å²) in [5.74, 6) is 1.97. The first kappa shape index (κ1) is 28.5. The first-order chi connectivity index (χ1) is 20.7. The fourth-order valence-corrected chi connectivity index (χ4v) is 6.22. The van der Waals surface area contributed by atoms with E-state index in [0.29, 0.717) is 26.2 Å². The van der Waals surface area contributed by atoms with Crippen molar-refractivity contribution in [3.8, 4) is 11.5 Å². The Kier molecular flexibility index (Phi) is 9.23. The molecule has 2 unspecified atom stereocenters. The smallest absolute Gasteiger partial charge is 0.268 e. The minimum Gasteiger partial charge on any atom is -0.490 e. The van der Waals surface area contributed by atoms with Gasteiger partial charge in [0.15, 0.2) is 6.10 Å². The predicted octanol–water partition coefficient (Wildman–Crippen LogP) is 4.77. The Morgan fingerprint density at radius 2 is 1.86 bits per heavy atom. The molecule has 8 nitrogen and oxygen atoms in total. The molecule has 3 aliphatic heterocycles. The average Bonchev–Trinajstić information content (AvgIpc) is 3.40. The number of benzene rings is 3. The third-order valence-electron chi connectivity index (χ3n) is 8.46. The predicted molar refractivity (Wildman–Crippen MR) is 164 cm³/mol. The molecule has 3 atom stereocenters. The molecule has 8 heteroatoms. The number of carbonyl (C=O) groups excluding carboxylic acids is 1. The number of hydrogen-bond acceptors (Lipinski definition) is 7. The molecule has 2 saturated heterocycles. The highest BCUT2D eigenvalue weighted by molar-refractivity contribution is 5.98. The molecule has 3 aromatic carbocycles. The number of para-hydroxylation sites is 1. The van der Waals surface area contributed by atoms with E-state index in [1.165, 1.54) is 5.56 Å². The quantitative estimate of drug-likeness (QED) is 0.333. The molecule has 1 N–H and O–H groups in total. The number of ether oxygens (including phenoxy) is 4. The zero-order chi connectivity index (χ0) is 28.7. The van der Waals surface area contributed by atoms with Crippen molar-refractivity contribution >= 4 is 17.3 Å². The molecule has 1 amide bonds. The van der Waals surface area contributed by atoms with Crippen LogP contribution in [0, 0.1) is 0 Å². The fourth-order valence-electron chi connectivity index (χ4n) is 6.22. The molecule has 0 spiro atoms. The van der Waals surface area contributed by atoms with Gasteiger partial charge in [-0.15, -0.1) is 0 Å². The minimum absolute atomic E-state index is 0.0175. The maximum atomic E-state index is 13.0. The van der Waals surface area contributed by atoms with Gasteiger partial charge in [0.25, 0.3) is 5.91 Å². The molecule has 0 aromatic heterocycles. The highest BCUT2D eigenvalue weighted by atomic mass is 16.5. The van der Waals surface area contributed by atoms with Gasteiger partial charge in [0.1, 0.15) is 18.1 Å². The van der Waals surface area contributed by atoms with Crippen LogP contribution < -0.4 is 24.6 Å². The van der Waals surface area contributed by atoms with Crippen LogP contribution in [0.5, 0.6) is 11.5 Å². The Morgan fingerprint density at radius 3 is 2.69 bits per heavy atom. The first-order valence-corrected chi connectivity index (χ1v) is 15.1. The van der Waals surface area contributed by atoms with Crippen molar-refractivity contribution in [3.05, 3.63) is 83.9 Å². The van der Waals surface area contributed by atoms with Gasteiger partial charge in [-0.25, -0.2) is 0 Å². The van der Waals surface area contributed by atoms with Crippen molar-refractivity contribution in [1.82, 2.24) is 5.32 Å². The summed E-state index contributed by atoms with van der Waals surface area (Å²) < 4.78 is 23.8. The van der Waals surface area contributed by atoms with Gasteiger partial charge in [-0.2, -0.15) is 0 Å². The maximum absolute atomic E-state index is 13.0. The molecule has 0 aliphatic carbocycles. The number of nitrogens with zero attached hydrogens (tertiary/aromatic N) is 2.